The Morgan fingerprint density at radius 1 is 1.15 bits per heavy atom. The first-order valence-corrected chi connectivity index (χ1v) is 11.1. The van der Waals surface area contributed by atoms with Crippen molar-refractivity contribution in [3.8, 4) is 0 Å². The summed E-state index contributed by atoms with van der Waals surface area (Å²) in [5.74, 6) is -3.54. The molecule has 33 heavy (non-hydrogen) atoms. The molecule has 1 aromatic rings. The molecule has 0 bridgehead atoms. The van der Waals surface area contributed by atoms with E-state index in [1.54, 1.807) is 38.1 Å². The first-order valence-electron chi connectivity index (χ1n) is 11.1. The number of esters is 1. The molecule has 1 N–H and O–H groups in total. The van der Waals surface area contributed by atoms with Gasteiger partial charge in [-0.05, 0) is 24.5 Å². The number of imide groups is 2. The van der Waals surface area contributed by atoms with Crippen LogP contribution in [-0.2, 0) is 23.9 Å². The minimum absolute atomic E-state index is 0.0165. The number of rotatable bonds is 6. The summed E-state index contributed by atoms with van der Waals surface area (Å²) in [4.78, 5) is 66.0. The molecule has 10 nitrogen and oxygen atoms in total. The van der Waals surface area contributed by atoms with E-state index in [1.807, 2.05) is 0 Å². The van der Waals surface area contributed by atoms with Gasteiger partial charge in [-0.1, -0.05) is 26.0 Å². The molecule has 3 aliphatic rings. The third-order valence-corrected chi connectivity index (χ3v) is 6.46. The van der Waals surface area contributed by atoms with Crippen LogP contribution in [0.1, 0.15) is 47.4 Å². The van der Waals surface area contributed by atoms with Crippen molar-refractivity contribution in [2.75, 3.05) is 26.2 Å². The number of hydrogen-bond acceptors (Lipinski definition) is 8. The van der Waals surface area contributed by atoms with Crippen LogP contribution in [0.15, 0.2) is 24.3 Å². The number of ether oxygens (including phenoxy) is 2. The fraction of sp³-hybridized carbons (Fsp3) is 0.522. The highest BCUT2D eigenvalue weighted by Crippen LogP contribution is 2.30. The van der Waals surface area contributed by atoms with Crippen molar-refractivity contribution < 1.29 is 33.4 Å². The summed E-state index contributed by atoms with van der Waals surface area (Å²) in [6, 6.07) is 5.36. The zero-order valence-corrected chi connectivity index (χ0v) is 18.6. The van der Waals surface area contributed by atoms with E-state index >= 15 is 0 Å². The van der Waals surface area contributed by atoms with Gasteiger partial charge in [0.15, 0.2) is 0 Å². The van der Waals surface area contributed by atoms with Crippen LogP contribution in [0.25, 0.3) is 0 Å². The number of carbonyl (C=O) groups excluding carboxylic acids is 5. The zero-order valence-electron chi connectivity index (χ0n) is 18.6. The Morgan fingerprint density at radius 3 is 2.42 bits per heavy atom. The standard InChI is InChI=1S/C23H27N3O7/c1-13(14(2)23(31)33-19-11-24-9-10-32-19)12-25-18(27)8-7-17(22(25)30)26-20(28)15-5-3-4-6-16(15)21(26)29/h3-6,13-14,17,19,24H,7-12H2,1-2H3/t13?,14?,17?,19-/m0/s1. The number of fused-ring (bicyclic) bond motifs is 1. The maximum Gasteiger partial charge on any atom is 0.311 e. The van der Waals surface area contributed by atoms with Gasteiger partial charge in [0.2, 0.25) is 12.2 Å². The van der Waals surface area contributed by atoms with Crippen LogP contribution in [0.5, 0.6) is 0 Å². The van der Waals surface area contributed by atoms with Crippen molar-refractivity contribution in [2.24, 2.45) is 11.8 Å². The molecule has 0 saturated carbocycles. The second-order valence-corrected chi connectivity index (χ2v) is 8.63. The lowest BCUT2D eigenvalue weighted by molar-refractivity contribution is -0.188. The molecule has 176 valence electrons. The third-order valence-electron chi connectivity index (χ3n) is 6.46. The Bertz CT molecular complexity index is 953. The molecule has 2 saturated heterocycles. The van der Waals surface area contributed by atoms with Crippen molar-refractivity contribution in [1.29, 1.82) is 0 Å². The average Bonchev–Trinajstić information content (AvgIpc) is 3.07. The quantitative estimate of drug-likeness (QED) is 0.486. The van der Waals surface area contributed by atoms with E-state index in [0.29, 0.717) is 19.7 Å². The van der Waals surface area contributed by atoms with Crippen LogP contribution in [0, 0.1) is 11.8 Å². The van der Waals surface area contributed by atoms with Gasteiger partial charge in [-0.2, -0.15) is 0 Å². The number of hydrogen-bond donors (Lipinski definition) is 1. The molecular weight excluding hydrogens is 430 g/mol. The summed E-state index contributed by atoms with van der Waals surface area (Å²) in [6.07, 6.45) is -0.563. The maximum absolute atomic E-state index is 13.2. The number of likely N-dealkylation sites (tertiary alicyclic amines) is 1. The molecule has 10 heteroatoms. The zero-order chi connectivity index (χ0) is 23.7. The van der Waals surface area contributed by atoms with Gasteiger partial charge in [-0.3, -0.25) is 33.8 Å². The molecule has 4 rings (SSSR count). The summed E-state index contributed by atoms with van der Waals surface area (Å²) in [7, 11) is 0. The SMILES string of the molecule is CC(CN1C(=O)CCC(N2C(=O)c3ccccc3C2=O)C1=O)C(C)C(=O)O[C@H]1CNCCO1. The van der Waals surface area contributed by atoms with Crippen LogP contribution in [0.2, 0.25) is 0 Å². The number of morpholine rings is 1. The Hall–Kier alpha value is -3.11. The molecule has 3 unspecified atom stereocenters. The van der Waals surface area contributed by atoms with Crippen molar-refractivity contribution >= 4 is 29.6 Å². The Kier molecular flexibility index (Phi) is 6.57. The highest BCUT2D eigenvalue weighted by molar-refractivity contribution is 6.23. The molecule has 3 aliphatic heterocycles. The van der Waals surface area contributed by atoms with Crippen molar-refractivity contribution in [3.05, 3.63) is 35.4 Å². The first-order chi connectivity index (χ1) is 15.8. The average molecular weight is 457 g/mol. The molecule has 0 aliphatic carbocycles. The number of nitrogens with one attached hydrogen (secondary N) is 1. The second kappa shape index (κ2) is 9.40. The van der Waals surface area contributed by atoms with Gasteiger partial charge in [0.1, 0.15) is 6.04 Å². The van der Waals surface area contributed by atoms with E-state index in [-0.39, 0.29) is 36.4 Å². The topological polar surface area (TPSA) is 122 Å². The van der Waals surface area contributed by atoms with Gasteiger partial charge >= 0.3 is 5.97 Å². The summed E-state index contributed by atoms with van der Waals surface area (Å²) in [6.45, 7) is 4.93. The van der Waals surface area contributed by atoms with Crippen LogP contribution in [0.4, 0.5) is 0 Å². The molecule has 4 atom stereocenters. The smallest absolute Gasteiger partial charge is 0.311 e. The lowest BCUT2D eigenvalue weighted by Gasteiger charge is -2.36. The van der Waals surface area contributed by atoms with Crippen molar-refractivity contribution in [2.45, 2.75) is 39.0 Å². The molecule has 0 spiro atoms. The van der Waals surface area contributed by atoms with Gasteiger partial charge in [0.05, 0.1) is 30.2 Å². The van der Waals surface area contributed by atoms with E-state index in [2.05, 4.69) is 5.32 Å². The Balaban J connectivity index is 1.43. The number of nitrogens with zero attached hydrogens (tertiary/aromatic N) is 2. The molecule has 3 heterocycles. The lowest BCUT2D eigenvalue weighted by atomic mass is 9.93. The number of amides is 4. The fourth-order valence-electron chi connectivity index (χ4n) is 4.28. The molecule has 0 aromatic heterocycles. The number of carbonyl (C=O) groups is 5. The summed E-state index contributed by atoms with van der Waals surface area (Å²) < 4.78 is 10.8. The lowest BCUT2D eigenvalue weighted by Crippen LogP contribution is -2.57. The Morgan fingerprint density at radius 2 is 1.82 bits per heavy atom. The van der Waals surface area contributed by atoms with E-state index < -0.39 is 47.9 Å². The molecule has 4 amide bonds. The third kappa shape index (κ3) is 4.40. The minimum Gasteiger partial charge on any atom is -0.434 e. The highest BCUT2D eigenvalue weighted by Gasteiger charge is 2.47. The predicted octanol–water partition coefficient (Wildman–Crippen LogP) is 0.562. The van der Waals surface area contributed by atoms with Gasteiger partial charge in [0.25, 0.3) is 17.7 Å². The molecule has 2 fully saturated rings. The predicted molar refractivity (Wildman–Crippen MR) is 114 cm³/mol. The maximum atomic E-state index is 13.2. The van der Waals surface area contributed by atoms with Crippen molar-refractivity contribution in [3.63, 3.8) is 0 Å². The van der Waals surface area contributed by atoms with E-state index in [9.17, 15) is 24.0 Å². The summed E-state index contributed by atoms with van der Waals surface area (Å²) >= 11 is 0. The largest absolute Gasteiger partial charge is 0.434 e. The molecule has 0 radical (unpaired) electrons. The summed E-state index contributed by atoms with van der Waals surface area (Å²) in [5, 5.41) is 3.07. The van der Waals surface area contributed by atoms with Crippen LogP contribution in [-0.4, -0.2) is 78.0 Å². The van der Waals surface area contributed by atoms with Crippen LogP contribution >= 0.6 is 0 Å². The van der Waals surface area contributed by atoms with Gasteiger partial charge in [-0.15, -0.1) is 0 Å². The van der Waals surface area contributed by atoms with Crippen LogP contribution in [0.3, 0.4) is 0 Å². The Labute approximate surface area is 191 Å². The van der Waals surface area contributed by atoms with Crippen LogP contribution < -0.4 is 5.32 Å². The molecular formula is C23H27N3O7. The monoisotopic (exact) mass is 457 g/mol. The second-order valence-electron chi connectivity index (χ2n) is 8.63. The fourth-order valence-corrected chi connectivity index (χ4v) is 4.28. The normalized spacial score (nSPS) is 25.2. The van der Waals surface area contributed by atoms with Gasteiger partial charge < -0.3 is 14.8 Å². The van der Waals surface area contributed by atoms with Gasteiger partial charge in [-0.25, -0.2) is 0 Å². The molecule has 1 aromatic carbocycles. The number of piperidine rings is 1. The summed E-state index contributed by atoms with van der Waals surface area (Å²) in [5.41, 5.74) is 0.505. The van der Waals surface area contributed by atoms with E-state index in [1.165, 1.54) is 0 Å². The highest BCUT2D eigenvalue weighted by atomic mass is 16.7. The minimum atomic E-state index is -1.05. The van der Waals surface area contributed by atoms with Gasteiger partial charge in [0, 0.05) is 19.5 Å². The van der Waals surface area contributed by atoms with E-state index in [0.717, 1.165) is 9.80 Å². The van der Waals surface area contributed by atoms with Crippen molar-refractivity contribution in [1.82, 2.24) is 15.1 Å². The number of benzene rings is 1. The van der Waals surface area contributed by atoms with E-state index in [4.69, 9.17) is 9.47 Å². The first kappa shape index (κ1) is 23.1.